The van der Waals surface area contributed by atoms with Gasteiger partial charge >= 0.3 is 0 Å². The van der Waals surface area contributed by atoms with Gasteiger partial charge in [-0.25, -0.2) is 0 Å². The lowest BCUT2D eigenvalue weighted by atomic mass is 9.91. The van der Waals surface area contributed by atoms with Gasteiger partial charge in [-0.3, -0.25) is 0 Å². The minimum Gasteiger partial charge on any atom is -0.381 e. The van der Waals surface area contributed by atoms with Gasteiger partial charge in [-0.1, -0.05) is 0 Å². The number of methoxy groups -OCH3 is 1. The van der Waals surface area contributed by atoms with Crippen molar-refractivity contribution >= 4 is 0 Å². The third kappa shape index (κ3) is 1.44. The summed E-state index contributed by atoms with van der Waals surface area (Å²) in [5.41, 5.74) is 0.172. The molecule has 0 aromatic heterocycles. The van der Waals surface area contributed by atoms with Crippen molar-refractivity contribution in [3.05, 3.63) is 0 Å². The molecule has 0 aromatic rings. The lowest BCUT2D eigenvalue weighted by Gasteiger charge is -2.30. The Kier molecular flexibility index (Phi) is 2.51. The Morgan fingerprint density at radius 2 is 2.00 bits per heavy atom. The van der Waals surface area contributed by atoms with Crippen LogP contribution in [-0.4, -0.2) is 44.8 Å². The summed E-state index contributed by atoms with van der Waals surface area (Å²) in [6.07, 6.45) is 4.61. The highest BCUT2D eigenvalue weighted by Crippen LogP contribution is 2.54. The van der Waals surface area contributed by atoms with Crippen molar-refractivity contribution in [2.24, 2.45) is 5.92 Å². The van der Waals surface area contributed by atoms with Crippen LogP contribution < -0.4 is 5.32 Å². The summed E-state index contributed by atoms with van der Waals surface area (Å²) >= 11 is 0. The molecule has 2 aliphatic carbocycles. The van der Waals surface area contributed by atoms with Gasteiger partial charge in [-0.2, -0.15) is 0 Å². The van der Waals surface area contributed by atoms with E-state index in [1.807, 2.05) is 7.11 Å². The number of fused-ring (bicyclic) bond motifs is 1. The van der Waals surface area contributed by atoms with Gasteiger partial charge in [0, 0.05) is 25.5 Å². The van der Waals surface area contributed by atoms with Crippen LogP contribution in [0.2, 0.25) is 0 Å². The first-order valence-corrected chi connectivity index (χ1v) is 6.22. The zero-order chi connectivity index (χ0) is 11.2. The van der Waals surface area contributed by atoms with Crippen molar-refractivity contribution in [3.8, 4) is 0 Å². The third-order valence-electron chi connectivity index (χ3n) is 4.71. The van der Waals surface area contributed by atoms with Crippen LogP contribution >= 0.6 is 0 Å². The summed E-state index contributed by atoms with van der Waals surface area (Å²) in [4.78, 5) is 0. The molecule has 3 aliphatic rings. The third-order valence-corrected chi connectivity index (χ3v) is 4.71. The predicted octanol–water partition coefficient (Wildman–Crippen LogP) is 0.906. The number of ether oxygens (including phenoxy) is 3. The molecule has 0 bridgehead atoms. The Morgan fingerprint density at radius 1 is 1.25 bits per heavy atom. The van der Waals surface area contributed by atoms with E-state index in [-0.39, 0.29) is 11.3 Å². The van der Waals surface area contributed by atoms with E-state index >= 15 is 0 Å². The van der Waals surface area contributed by atoms with E-state index in [4.69, 9.17) is 14.2 Å². The Bertz CT molecular complexity index is 277. The summed E-state index contributed by atoms with van der Waals surface area (Å²) in [5, 5.41) is 3.51. The second-order valence-corrected chi connectivity index (χ2v) is 5.39. The molecule has 1 heterocycles. The van der Waals surface area contributed by atoms with E-state index in [2.05, 4.69) is 12.4 Å². The van der Waals surface area contributed by atoms with Crippen LogP contribution in [0.25, 0.3) is 0 Å². The summed E-state index contributed by atoms with van der Waals surface area (Å²) < 4.78 is 17.2. The molecule has 16 heavy (non-hydrogen) atoms. The van der Waals surface area contributed by atoms with Crippen LogP contribution in [0.1, 0.15) is 25.7 Å². The van der Waals surface area contributed by atoms with Crippen molar-refractivity contribution in [3.63, 3.8) is 0 Å². The van der Waals surface area contributed by atoms with Gasteiger partial charge in [-0.05, 0) is 25.8 Å². The molecule has 0 unspecified atom stereocenters. The SMILES string of the molecule is CN[C@]12C[C@H](OC)C[C@H]1CC1(C2)OCCO1. The summed E-state index contributed by atoms with van der Waals surface area (Å²) in [6.45, 7) is 1.50. The second-order valence-electron chi connectivity index (χ2n) is 5.39. The standard InChI is InChI=1S/C12H21NO3/c1-13-11-7-10(14-2)5-9(11)6-12(8-11)15-3-4-16-12/h9-10,13H,3-8H2,1-2H3/t9-,10+,11-/m0/s1. The molecular weight excluding hydrogens is 206 g/mol. The van der Waals surface area contributed by atoms with Crippen molar-refractivity contribution in [1.82, 2.24) is 5.32 Å². The Labute approximate surface area is 96.6 Å². The van der Waals surface area contributed by atoms with Crippen LogP contribution in [0.5, 0.6) is 0 Å². The van der Waals surface area contributed by atoms with E-state index < -0.39 is 0 Å². The van der Waals surface area contributed by atoms with E-state index in [1.54, 1.807) is 0 Å². The smallest absolute Gasteiger partial charge is 0.170 e. The molecule has 1 saturated heterocycles. The highest BCUT2D eigenvalue weighted by molar-refractivity contribution is 5.12. The van der Waals surface area contributed by atoms with Crippen molar-refractivity contribution in [2.75, 3.05) is 27.4 Å². The van der Waals surface area contributed by atoms with Crippen molar-refractivity contribution in [2.45, 2.75) is 43.1 Å². The summed E-state index contributed by atoms with van der Waals surface area (Å²) in [6, 6.07) is 0. The fraction of sp³-hybridized carbons (Fsp3) is 1.00. The molecular formula is C12H21NO3. The maximum atomic E-state index is 5.83. The average molecular weight is 227 g/mol. The number of nitrogens with one attached hydrogen (secondary N) is 1. The van der Waals surface area contributed by atoms with Crippen molar-refractivity contribution < 1.29 is 14.2 Å². The van der Waals surface area contributed by atoms with Gasteiger partial charge in [0.1, 0.15) is 0 Å². The normalized spacial score (nSPS) is 45.4. The summed E-state index contributed by atoms with van der Waals surface area (Å²) in [5.74, 6) is 0.340. The molecule has 0 radical (unpaired) electrons. The zero-order valence-electron chi connectivity index (χ0n) is 10.1. The number of rotatable bonds is 2. The van der Waals surface area contributed by atoms with Crippen LogP contribution in [0.4, 0.5) is 0 Å². The molecule has 4 heteroatoms. The lowest BCUT2D eigenvalue weighted by molar-refractivity contribution is -0.158. The van der Waals surface area contributed by atoms with Crippen LogP contribution in [0.3, 0.4) is 0 Å². The fourth-order valence-corrected chi connectivity index (χ4v) is 3.91. The van der Waals surface area contributed by atoms with E-state index in [1.165, 1.54) is 0 Å². The predicted molar refractivity (Wildman–Crippen MR) is 59.2 cm³/mol. The average Bonchev–Trinajstić information content (AvgIpc) is 2.92. The minimum absolute atomic E-state index is 0.172. The minimum atomic E-state index is -0.285. The molecule has 3 atom stereocenters. The maximum Gasteiger partial charge on any atom is 0.170 e. The molecule has 1 aliphatic heterocycles. The van der Waals surface area contributed by atoms with Crippen LogP contribution in [0, 0.1) is 5.92 Å². The number of hydrogen-bond acceptors (Lipinski definition) is 4. The molecule has 1 spiro atoms. The number of hydrogen-bond donors (Lipinski definition) is 1. The molecule has 92 valence electrons. The highest BCUT2D eigenvalue weighted by atomic mass is 16.7. The first kappa shape index (κ1) is 11.0. The van der Waals surface area contributed by atoms with Gasteiger partial charge in [0.05, 0.1) is 19.3 Å². The van der Waals surface area contributed by atoms with E-state index in [0.29, 0.717) is 12.0 Å². The van der Waals surface area contributed by atoms with E-state index in [0.717, 1.165) is 38.9 Å². The molecule has 0 aromatic carbocycles. The monoisotopic (exact) mass is 227 g/mol. The first-order valence-electron chi connectivity index (χ1n) is 6.22. The van der Waals surface area contributed by atoms with Gasteiger partial charge in [-0.15, -0.1) is 0 Å². The zero-order valence-corrected chi connectivity index (χ0v) is 10.1. The Morgan fingerprint density at radius 3 is 2.56 bits per heavy atom. The fourth-order valence-electron chi connectivity index (χ4n) is 3.91. The molecule has 2 saturated carbocycles. The van der Waals surface area contributed by atoms with Gasteiger partial charge in [0.2, 0.25) is 0 Å². The van der Waals surface area contributed by atoms with Gasteiger partial charge in [0.25, 0.3) is 0 Å². The first-order chi connectivity index (χ1) is 7.72. The lowest BCUT2D eigenvalue weighted by Crippen LogP contribution is -2.45. The quantitative estimate of drug-likeness (QED) is 0.761. The topological polar surface area (TPSA) is 39.7 Å². The maximum absolute atomic E-state index is 5.83. The van der Waals surface area contributed by atoms with E-state index in [9.17, 15) is 0 Å². The molecule has 4 nitrogen and oxygen atoms in total. The van der Waals surface area contributed by atoms with Gasteiger partial charge in [0.15, 0.2) is 5.79 Å². The molecule has 0 amide bonds. The largest absolute Gasteiger partial charge is 0.381 e. The van der Waals surface area contributed by atoms with Crippen molar-refractivity contribution in [1.29, 1.82) is 0 Å². The van der Waals surface area contributed by atoms with Crippen LogP contribution in [-0.2, 0) is 14.2 Å². The Balaban J connectivity index is 1.80. The molecule has 3 rings (SSSR count). The Hall–Kier alpha value is -0.160. The second kappa shape index (κ2) is 3.67. The summed E-state index contributed by atoms with van der Waals surface area (Å²) in [7, 11) is 3.87. The van der Waals surface area contributed by atoms with Crippen LogP contribution in [0.15, 0.2) is 0 Å². The molecule has 1 N–H and O–H groups in total. The highest BCUT2D eigenvalue weighted by Gasteiger charge is 2.60. The molecule has 3 fully saturated rings. The van der Waals surface area contributed by atoms with Gasteiger partial charge < -0.3 is 19.5 Å².